The van der Waals surface area contributed by atoms with Gasteiger partial charge in [-0.1, -0.05) is 42.5 Å². The van der Waals surface area contributed by atoms with Crippen LogP contribution in [0.25, 0.3) is 11.6 Å². The van der Waals surface area contributed by atoms with Gasteiger partial charge in [0.2, 0.25) is 0 Å². The third kappa shape index (κ3) is 4.97. The van der Waals surface area contributed by atoms with Crippen molar-refractivity contribution < 1.29 is 23.9 Å². The zero-order valence-corrected chi connectivity index (χ0v) is 11.0. The number of nitrogens with zero attached hydrogens (tertiary/aromatic N) is 2. The SMILES string of the molecule is COC(=O)C(=[N+]=[N-])C(=O)COC/C=C/c1ccccc1. The maximum Gasteiger partial charge on any atom is 0.443 e. The number of hydrogen-bond acceptors (Lipinski definition) is 4. The van der Waals surface area contributed by atoms with Gasteiger partial charge in [-0.15, -0.1) is 0 Å². The average molecular weight is 274 g/mol. The van der Waals surface area contributed by atoms with Crippen LogP contribution >= 0.6 is 0 Å². The van der Waals surface area contributed by atoms with Gasteiger partial charge in [0.25, 0.3) is 5.78 Å². The molecule has 0 unspecified atom stereocenters. The number of methoxy groups -OCH3 is 1. The van der Waals surface area contributed by atoms with Crippen LogP contribution in [0, 0.1) is 0 Å². The Morgan fingerprint density at radius 1 is 1.30 bits per heavy atom. The molecule has 6 nitrogen and oxygen atoms in total. The predicted octanol–water partition coefficient (Wildman–Crippen LogP) is 1.13. The van der Waals surface area contributed by atoms with Crippen LogP contribution in [0.1, 0.15) is 5.56 Å². The molecule has 1 aromatic rings. The Morgan fingerprint density at radius 2 is 2.00 bits per heavy atom. The standard InChI is InChI=1S/C14H14N2O4/c1-19-14(18)13(16-15)12(17)10-20-9-5-8-11-6-3-2-4-7-11/h2-8H,9-10H2,1H3/b8-5+. The van der Waals surface area contributed by atoms with E-state index in [-0.39, 0.29) is 13.2 Å². The number of rotatable bonds is 7. The summed E-state index contributed by atoms with van der Waals surface area (Å²) in [5.74, 6) is -1.74. The molecule has 0 saturated carbocycles. The fourth-order valence-electron chi connectivity index (χ4n) is 1.34. The van der Waals surface area contributed by atoms with E-state index in [1.807, 2.05) is 36.4 Å². The van der Waals surface area contributed by atoms with Crippen LogP contribution in [0.15, 0.2) is 36.4 Å². The number of carbonyl (C=O) groups is 2. The molecule has 0 spiro atoms. The molecule has 0 aromatic heterocycles. The van der Waals surface area contributed by atoms with Crippen LogP contribution in [0.4, 0.5) is 0 Å². The van der Waals surface area contributed by atoms with E-state index in [4.69, 9.17) is 10.3 Å². The predicted molar refractivity (Wildman–Crippen MR) is 71.9 cm³/mol. The number of ketones is 1. The van der Waals surface area contributed by atoms with Crippen LogP contribution in [-0.4, -0.2) is 42.6 Å². The fourth-order valence-corrected chi connectivity index (χ4v) is 1.34. The van der Waals surface area contributed by atoms with Gasteiger partial charge >= 0.3 is 11.7 Å². The third-order valence-corrected chi connectivity index (χ3v) is 2.30. The Morgan fingerprint density at radius 3 is 2.60 bits per heavy atom. The van der Waals surface area contributed by atoms with Crippen molar-refractivity contribution in [3.05, 3.63) is 47.5 Å². The van der Waals surface area contributed by atoms with Crippen LogP contribution < -0.4 is 0 Å². The molecule has 6 heteroatoms. The lowest BCUT2D eigenvalue weighted by atomic mass is 10.2. The van der Waals surface area contributed by atoms with Gasteiger partial charge < -0.3 is 15.0 Å². The molecule has 1 rings (SSSR count). The second-order valence-corrected chi connectivity index (χ2v) is 3.69. The molecule has 0 bridgehead atoms. The molecular formula is C14H14N2O4. The largest absolute Gasteiger partial charge is 0.460 e. The summed E-state index contributed by atoms with van der Waals surface area (Å²) in [4.78, 5) is 25.1. The summed E-state index contributed by atoms with van der Waals surface area (Å²) < 4.78 is 9.35. The van der Waals surface area contributed by atoms with Gasteiger partial charge in [0, 0.05) is 0 Å². The first-order valence-electron chi connectivity index (χ1n) is 5.82. The normalized spacial score (nSPS) is 10.1. The summed E-state index contributed by atoms with van der Waals surface area (Å²) in [6.45, 7) is -0.172. The van der Waals surface area contributed by atoms with Crippen molar-refractivity contribution in [3.63, 3.8) is 0 Å². The monoisotopic (exact) mass is 274 g/mol. The molecular weight excluding hydrogens is 260 g/mol. The van der Waals surface area contributed by atoms with Crippen molar-refractivity contribution in [1.82, 2.24) is 0 Å². The minimum Gasteiger partial charge on any atom is -0.460 e. The summed E-state index contributed by atoms with van der Waals surface area (Å²) >= 11 is 0. The minimum atomic E-state index is -0.999. The maximum absolute atomic E-state index is 11.5. The van der Waals surface area contributed by atoms with Gasteiger partial charge in [-0.05, 0) is 5.56 Å². The van der Waals surface area contributed by atoms with Crippen LogP contribution in [-0.2, 0) is 19.1 Å². The van der Waals surface area contributed by atoms with Gasteiger partial charge in [0.15, 0.2) is 0 Å². The lowest BCUT2D eigenvalue weighted by Gasteiger charge is -1.97. The van der Waals surface area contributed by atoms with Crippen molar-refractivity contribution in [1.29, 1.82) is 0 Å². The lowest BCUT2D eigenvalue weighted by Crippen LogP contribution is -2.29. The van der Waals surface area contributed by atoms with Crippen LogP contribution in [0.2, 0.25) is 0 Å². The molecule has 0 fully saturated rings. The Labute approximate surface area is 116 Å². The number of benzene rings is 1. The molecule has 0 saturated heterocycles. The lowest BCUT2D eigenvalue weighted by molar-refractivity contribution is -0.140. The second-order valence-electron chi connectivity index (χ2n) is 3.69. The van der Waals surface area contributed by atoms with Gasteiger partial charge in [-0.2, -0.15) is 4.79 Å². The Balaban J connectivity index is 2.38. The number of hydrogen-bond donors (Lipinski definition) is 0. The molecule has 0 aliphatic rings. The van der Waals surface area contributed by atoms with Crippen molar-refractivity contribution >= 4 is 23.5 Å². The van der Waals surface area contributed by atoms with Crippen LogP contribution in [0.5, 0.6) is 0 Å². The smallest absolute Gasteiger partial charge is 0.443 e. The first-order valence-corrected chi connectivity index (χ1v) is 5.82. The first kappa shape index (κ1) is 15.5. The van der Waals surface area contributed by atoms with Crippen molar-refractivity contribution in [2.24, 2.45) is 0 Å². The van der Waals surface area contributed by atoms with E-state index in [0.29, 0.717) is 0 Å². The molecule has 0 N–H and O–H groups in total. The first-order chi connectivity index (χ1) is 9.69. The number of Topliss-reactive ketones (excluding diaryl/α,β-unsaturated/α-hetero) is 1. The van der Waals surface area contributed by atoms with Gasteiger partial charge in [-0.3, -0.25) is 4.79 Å². The molecule has 0 aliphatic heterocycles. The summed E-state index contributed by atoms with van der Waals surface area (Å²) in [7, 11) is 1.09. The third-order valence-electron chi connectivity index (χ3n) is 2.30. The molecule has 0 aliphatic carbocycles. The highest BCUT2D eigenvalue weighted by Crippen LogP contribution is 2.00. The van der Waals surface area contributed by atoms with E-state index >= 15 is 0 Å². The molecule has 0 amide bonds. The number of ether oxygens (including phenoxy) is 2. The van der Waals surface area contributed by atoms with E-state index in [0.717, 1.165) is 12.7 Å². The van der Waals surface area contributed by atoms with Gasteiger partial charge in [0.1, 0.15) is 6.61 Å². The van der Waals surface area contributed by atoms with Gasteiger partial charge in [-0.25, -0.2) is 4.79 Å². The highest BCUT2D eigenvalue weighted by Gasteiger charge is 2.30. The molecule has 104 valence electrons. The van der Waals surface area contributed by atoms with E-state index in [9.17, 15) is 9.59 Å². The summed E-state index contributed by atoms with van der Waals surface area (Å²) in [6.07, 6.45) is 3.57. The molecule has 20 heavy (non-hydrogen) atoms. The molecule has 1 aromatic carbocycles. The minimum absolute atomic E-state index is 0.195. The Hall–Kier alpha value is -2.56. The van der Waals surface area contributed by atoms with E-state index in [1.165, 1.54) is 0 Å². The van der Waals surface area contributed by atoms with Crippen LogP contribution in [0.3, 0.4) is 0 Å². The van der Waals surface area contributed by atoms with Gasteiger partial charge in [0.05, 0.1) is 13.7 Å². The maximum atomic E-state index is 11.5. The quantitative estimate of drug-likeness (QED) is 0.186. The zero-order valence-electron chi connectivity index (χ0n) is 11.0. The summed E-state index contributed by atoms with van der Waals surface area (Å²) in [6, 6.07) is 9.58. The fraction of sp³-hybridized carbons (Fsp3) is 0.214. The Bertz CT molecular complexity index is 546. The Kier molecular flexibility index (Phi) is 6.61. The van der Waals surface area contributed by atoms with Crippen molar-refractivity contribution in [3.8, 4) is 0 Å². The van der Waals surface area contributed by atoms with Crippen molar-refractivity contribution in [2.45, 2.75) is 0 Å². The highest BCUT2D eigenvalue weighted by atomic mass is 16.5. The topological polar surface area (TPSA) is 89.0 Å². The van der Waals surface area contributed by atoms with Crippen molar-refractivity contribution in [2.75, 3.05) is 20.3 Å². The van der Waals surface area contributed by atoms with E-state index < -0.39 is 17.5 Å². The molecule has 0 atom stereocenters. The second kappa shape index (κ2) is 8.53. The van der Waals surface area contributed by atoms with E-state index in [1.54, 1.807) is 6.08 Å². The summed E-state index contributed by atoms with van der Waals surface area (Å²) in [5, 5.41) is 0. The number of esters is 1. The molecule has 0 radical (unpaired) electrons. The molecule has 0 heterocycles. The highest BCUT2D eigenvalue weighted by molar-refractivity contribution is 6.62. The number of carbonyl (C=O) groups excluding carboxylic acids is 2. The zero-order chi connectivity index (χ0) is 14.8. The summed E-state index contributed by atoms with van der Waals surface area (Å²) in [5.41, 5.74) is 8.87. The van der Waals surface area contributed by atoms with E-state index in [2.05, 4.69) is 9.53 Å². The average Bonchev–Trinajstić information content (AvgIpc) is 2.48.